The van der Waals surface area contributed by atoms with E-state index in [1.165, 1.54) is 40.9 Å². The predicted molar refractivity (Wildman–Crippen MR) is 93.6 cm³/mol. The number of aryl methyl sites for hydroxylation is 1. The number of aromatic nitrogens is 3. The molecular weight excluding hydrogens is 347 g/mol. The lowest BCUT2D eigenvalue weighted by Gasteiger charge is -1.96. The van der Waals surface area contributed by atoms with Gasteiger partial charge < -0.3 is 0 Å². The molecule has 0 fully saturated rings. The highest BCUT2D eigenvalue weighted by molar-refractivity contribution is 7.15. The number of rotatable bonds is 5. The number of amides is 1. The van der Waals surface area contributed by atoms with E-state index in [0.717, 1.165) is 20.5 Å². The molecule has 0 aliphatic heterocycles. The van der Waals surface area contributed by atoms with Crippen LogP contribution in [0.1, 0.15) is 20.5 Å². The van der Waals surface area contributed by atoms with Gasteiger partial charge in [-0.05, 0) is 30.7 Å². The molecule has 0 saturated heterocycles. The van der Waals surface area contributed by atoms with E-state index in [1.54, 1.807) is 24.4 Å². The molecule has 0 spiro atoms. The third-order valence-electron chi connectivity index (χ3n) is 3.00. The van der Waals surface area contributed by atoms with Crippen molar-refractivity contribution in [1.82, 2.24) is 15.2 Å². The summed E-state index contributed by atoms with van der Waals surface area (Å²) in [5, 5.41) is 12.8. The highest BCUT2D eigenvalue weighted by Crippen LogP contribution is 2.19. The van der Waals surface area contributed by atoms with Gasteiger partial charge in [0.25, 0.3) is 0 Å². The fourth-order valence-electron chi connectivity index (χ4n) is 1.91. The van der Waals surface area contributed by atoms with Crippen LogP contribution >= 0.6 is 22.7 Å². The number of carbonyl (C=O) groups is 1. The molecule has 0 radical (unpaired) electrons. The Balaban J connectivity index is 1.58. The molecule has 0 atom stereocenters. The zero-order valence-electron chi connectivity index (χ0n) is 12.7. The fourth-order valence-corrected chi connectivity index (χ4v) is 3.38. The number of hydrogen-bond donors (Lipinski definition) is 1. The van der Waals surface area contributed by atoms with Crippen molar-refractivity contribution in [2.24, 2.45) is 0 Å². The smallest absolute Gasteiger partial charge is 0.250 e. The number of hydrogen-bond acceptors (Lipinski definition) is 6. The van der Waals surface area contributed by atoms with Crippen LogP contribution < -0.4 is 5.32 Å². The minimum absolute atomic E-state index is 0.271. The Morgan fingerprint density at radius 3 is 2.75 bits per heavy atom. The molecule has 8 heteroatoms. The largest absolute Gasteiger partial charge is 0.297 e. The van der Waals surface area contributed by atoms with Gasteiger partial charge in [0.05, 0.1) is 5.01 Å². The quantitative estimate of drug-likeness (QED) is 0.705. The van der Waals surface area contributed by atoms with Crippen molar-refractivity contribution in [3.63, 3.8) is 0 Å². The summed E-state index contributed by atoms with van der Waals surface area (Å²) in [7, 11) is 0. The number of halogens is 1. The van der Waals surface area contributed by atoms with Gasteiger partial charge in [-0.3, -0.25) is 10.1 Å². The lowest BCUT2D eigenvalue weighted by molar-refractivity contribution is -0.111. The topological polar surface area (TPSA) is 67.8 Å². The average molecular weight is 360 g/mol. The molecule has 0 saturated carbocycles. The van der Waals surface area contributed by atoms with E-state index < -0.39 is 0 Å². The van der Waals surface area contributed by atoms with Crippen molar-refractivity contribution >= 4 is 39.8 Å². The summed E-state index contributed by atoms with van der Waals surface area (Å²) in [4.78, 5) is 16.9. The zero-order chi connectivity index (χ0) is 16.9. The third-order valence-corrected chi connectivity index (χ3v) is 4.72. The monoisotopic (exact) mass is 360 g/mol. The molecule has 5 nitrogen and oxygen atoms in total. The van der Waals surface area contributed by atoms with Crippen LogP contribution in [0.2, 0.25) is 0 Å². The van der Waals surface area contributed by atoms with Crippen molar-refractivity contribution in [3.05, 3.63) is 62.8 Å². The molecule has 0 aliphatic rings. The Kier molecular flexibility index (Phi) is 5.07. The SMILES string of the molecule is Cc1ncc(C=CC(=O)Nc2nnc(Cc3ccc(F)cc3)s2)s1. The van der Waals surface area contributed by atoms with Crippen molar-refractivity contribution in [1.29, 1.82) is 0 Å². The van der Waals surface area contributed by atoms with Crippen LogP contribution in [0.3, 0.4) is 0 Å². The highest BCUT2D eigenvalue weighted by Gasteiger charge is 2.07. The normalized spacial score (nSPS) is 11.1. The van der Waals surface area contributed by atoms with E-state index in [2.05, 4.69) is 20.5 Å². The summed E-state index contributed by atoms with van der Waals surface area (Å²) < 4.78 is 12.9. The van der Waals surface area contributed by atoms with Gasteiger partial charge in [0, 0.05) is 23.6 Å². The Morgan fingerprint density at radius 2 is 2.04 bits per heavy atom. The third kappa shape index (κ3) is 4.53. The molecule has 2 heterocycles. The molecule has 1 aromatic carbocycles. The maximum absolute atomic E-state index is 12.9. The van der Waals surface area contributed by atoms with Crippen LogP contribution in [0, 0.1) is 12.7 Å². The molecule has 0 unspecified atom stereocenters. The van der Waals surface area contributed by atoms with Crippen molar-refractivity contribution in [2.75, 3.05) is 5.32 Å². The number of carbonyl (C=O) groups excluding carboxylic acids is 1. The second kappa shape index (κ2) is 7.41. The Labute approximate surface area is 145 Å². The maximum Gasteiger partial charge on any atom is 0.250 e. The van der Waals surface area contributed by atoms with E-state index >= 15 is 0 Å². The van der Waals surface area contributed by atoms with E-state index in [0.29, 0.717) is 11.6 Å². The maximum atomic E-state index is 12.9. The first-order valence-electron chi connectivity index (χ1n) is 7.07. The number of nitrogens with one attached hydrogen (secondary N) is 1. The molecule has 2 aromatic heterocycles. The molecule has 0 bridgehead atoms. The molecule has 1 N–H and O–H groups in total. The minimum atomic E-state index is -0.273. The summed E-state index contributed by atoms with van der Waals surface area (Å²) in [6.45, 7) is 1.91. The summed E-state index contributed by atoms with van der Waals surface area (Å²) in [5.41, 5.74) is 0.936. The number of benzene rings is 1. The van der Waals surface area contributed by atoms with Crippen LogP contribution in [0.5, 0.6) is 0 Å². The molecule has 1 amide bonds. The van der Waals surface area contributed by atoms with Crippen molar-refractivity contribution < 1.29 is 9.18 Å². The first-order valence-corrected chi connectivity index (χ1v) is 8.70. The van der Waals surface area contributed by atoms with Gasteiger partial charge in [0.2, 0.25) is 11.0 Å². The second-order valence-corrected chi connectivity index (χ2v) is 7.24. The van der Waals surface area contributed by atoms with E-state index in [9.17, 15) is 9.18 Å². The van der Waals surface area contributed by atoms with E-state index in [4.69, 9.17) is 0 Å². The van der Waals surface area contributed by atoms with E-state index in [-0.39, 0.29) is 11.7 Å². The van der Waals surface area contributed by atoms with Crippen LogP contribution in [-0.2, 0) is 11.2 Å². The van der Waals surface area contributed by atoms with E-state index in [1.807, 2.05) is 6.92 Å². The lowest BCUT2D eigenvalue weighted by atomic mass is 10.2. The molecule has 0 aliphatic carbocycles. The Bertz CT molecular complexity index is 870. The van der Waals surface area contributed by atoms with Crippen LogP contribution in [-0.4, -0.2) is 21.1 Å². The summed E-state index contributed by atoms with van der Waals surface area (Å²) in [6.07, 6.45) is 5.41. The summed E-state index contributed by atoms with van der Waals surface area (Å²) >= 11 is 2.81. The van der Waals surface area contributed by atoms with Gasteiger partial charge in [0.15, 0.2) is 0 Å². The van der Waals surface area contributed by atoms with Crippen LogP contribution in [0.15, 0.2) is 36.5 Å². The molecule has 3 rings (SSSR count). The highest BCUT2D eigenvalue weighted by atomic mass is 32.1. The van der Waals surface area contributed by atoms with Gasteiger partial charge in [-0.1, -0.05) is 23.5 Å². The fraction of sp³-hybridized carbons (Fsp3) is 0.125. The van der Waals surface area contributed by atoms with Crippen molar-refractivity contribution in [3.8, 4) is 0 Å². The predicted octanol–water partition coefficient (Wildman–Crippen LogP) is 3.68. The first kappa shape index (κ1) is 16.4. The average Bonchev–Trinajstić information content (AvgIpc) is 3.17. The number of nitrogens with zero attached hydrogens (tertiary/aromatic N) is 3. The van der Waals surface area contributed by atoms with Crippen LogP contribution in [0.4, 0.5) is 9.52 Å². The zero-order valence-corrected chi connectivity index (χ0v) is 14.3. The first-order chi connectivity index (χ1) is 11.6. The molecule has 3 aromatic rings. The molecular formula is C16H13FN4OS2. The Hall–Kier alpha value is -2.45. The van der Waals surface area contributed by atoms with Crippen LogP contribution in [0.25, 0.3) is 6.08 Å². The van der Waals surface area contributed by atoms with Gasteiger partial charge in [0.1, 0.15) is 10.8 Å². The van der Waals surface area contributed by atoms with Gasteiger partial charge in [-0.15, -0.1) is 21.5 Å². The number of thiazole rings is 1. The van der Waals surface area contributed by atoms with Crippen molar-refractivity contribution in [2.45, 2.75) is 13.3 Å². The second-order valence-electron chi connectivity index (χ2n) is 4.91. The van der Waals surface area contributed by atoms with Gasteiger partial charge in [-0.25, -0.2) is 9.37 Å². The Morgan fingerprint density at radius 1 is 1.25 bits per heavy atom. The molecule has 122 valence electrons. The lowest BCUT2D eigenvalue weighted by Crippen LogP contribution is -2.07. The van der Waals surface area contributed by atoms with Gasteiger partial charge >= 0.3 is 0 Å². The minimum Gasteiger partial charge on any atom is -0.297 e. The molecule has 24 heavy (non-hydrogen) atoms. The standard InChI is InChI=1S/C16H13FN4OS2/c1-10-18-9-13(23-10)6-7-14(22)19-16-21-20-15(24-16)8-11-2-4-12(17)5-3-11/h2-7,9H,8H2,1H3,(H,19,21,22). The summed E-state index contributed by atoms with van der Waals surface area (Å²) in [6, 6.07) is 6.22. The number of anilines is 1. The summed E-state index contributed by atoms with van der Waals surface area (Å²) in [5.74, 6) is -0.544. The van der Waals surface area contributed by atoms with Gasteiger partial charge in [-0.2, -0.15) is 0 Å².